The van der Waals surface area contributed by atoms with E-state index in [1.54, 1.807) is 6.92 Å². The second kappa shape index (κ2) is 5.44. The Balaban J connectivity index is 1.84. The molecule has 0 saturated heterocycles. The summed E-state index contributed by atoms with van der Waals surface area (Å²) in [6.45, 7) is 1.92. The van der Waals surface area contributed by atoms with E-state index in [0.29, 0.717) is 11.6 Å². The predicted octanol–water partition coefficient (Wildman–Crippen LogP) is 1.72. The average Bonchev–Trinajstić information content (AvgIpc) is 3.11. The number of hydrogen-bond donors (Lipinski definition) is 2. The van der Waals surface area contributed by atoms with Crippen molar-refractivity contribution >= 4 is 5.91 Å². The highest BCUT2D eigenvalue weighted by atomic mass is 19.1. The van der Waals surface area contributed by atoms with Gasteiger partial charge >= 0.3 is 0 Å². The monoisotopic (exact) mass is 254 g/mol. The molecule has 1 atom stereocenters. The van der Waals surface area contributed by atoms with E-state index in [2.05, 4.69) is 10.6 Å². The molecule has 1 aliphatic carbocycles. The van der Waals surface area contributed by atoms with Gasteiger partial charge in [0.25, 0.3) is 0 Å². The lowest BCUT2D eigenvalue weighted by Gasteiger charge is -2.14. The van der Waals surface area contributed by atoms with E-state index in [4.69, 9.17) is 0 Å². The van der Waals surface area contributed by atoms with Crippen molar-refractivity contribution in [2.75, 3.05) is 0 Å². The van der Waals surface area contributed by atoms with Crippen molar-refractivity contribution in [3.8, 4) is 0 Å². The minimum Gasteiger partial charge on any atom is -0.352 e. The number of rotatable bonds is 5. The molecule has 0 spiro atoms. The van der Waals surface area contributed by atoms with Gasteiger partial charge in [0, 0.05) is 24.2 Å². The molecule has 2 rings (SSSR count). The lowest BCUT2D eigenvalue weighted by Crippen LogP contribution is -2.42. The number of benzene rings is 1. The highest BCUT2D eigenvalue weighted by Gasteiger charge is 2.25. The van der Waals surface area contributed by atoms with E-state index >= 15 is 0 Å². The Labute approximate surface area is 105 Å². The summed E-state index contributed by atoms with van der Waals surface area (Å²) in [4.78, 5) is 11.6. The van der Waals surface area contributed by atoms with Crippen molar-refractivity contribution in [3.63, 3.8) is 0 Å². The molecule has 1 aromatic carbocycles. The lowest BCUT2D eigenvalue weighted by atomic mass is 10.2. The minimum atomic E-state index is -0.601. The Morgan fingerprint density at radius 2 is 2.17 bits per heavy atom. The average molecular weight is 254 g/mol. The molecule has 0 heterocycles. The van der Waals surface area contributed by atoms with Crippen LogP contribution in [-0.2, 0) is 11.3 Å². The van der Waals surface area contributed by atoms with E-state index < -0.39 is 17.7 Å². The molecular formula is C13H16F2N2O. The second-order valence-corrected chi connectivity index (χ2v) is 4.62. The quantitative estimate of drug-likeness (QED) is 0.840. The Kier molecular flexibility index (Phi) is 3.91. The van der Waals surface area contributed by atoms with Crippen molar-refractivity contribution in [1.29, 1.82) is 0 Å². The van der Waals surface area contributed by atoms with Gasteiger partial charge in [-0.15, -0.1) is 0 Å². The smallest absolute Gasteiger partial charge is 0.237 e. The van der Waals surface area contributed by atoms with Crippen LogP contribution in [0, 0.1) is 11.6 Å². The molecule has 1 aromatic rings. The van der Waals surface area contributed by atoms with Crippen LogP contribution in [0.25, 0.3) is 0 Å². The first-order valence-electron chi connectivity index (χ1n) is 6.04. The number of carbonyl (C=O) groups excluding carboxylic acids is 1. The van der Waals surface area contributed by atoms with E-state index in [9.17, 15) is 13.6 Å². The van der Waals surface area contributed by atoms with Gasteiger partial charge in [-0.25, -0.2) is 8.78 Å². The van der Waals surface area contributed by atoms with Gasteiger partial charge in [-0.1, -0.05) is 6.07 Å². The SMILES string of the molecule is CC(NCc1ccc(F)cc1F)C(=O)NC1CC1. The Morgan fingerprint density at radius 3 is 2.78 bits per heavy atom. The van der Waals surface area contributed by atoms with Crippen LogP contribution in [0.5, 0.6) is 0 Å². The van der Waals surface area contributed by atoms with Crippen molar-refractivity contribution in [2.45, 2.75) is 38.4 Å². The highest BCUT2D eigenvalue weighted by molar-refractivity contribution is 5.81. The van der Waals surface area contributed by atoms with Crippen molar-refractivity contribution in [2.24, 2.45) is 0 Å². The summed E-state index contributed by atoms with van der Waals surface area (Å²) in [5.41, 5.74) is 0.350. The maximum absolute atomic E-state index is 13.3. The van der Waals surface area contributed by atoms with Crippen LogP contribution in [-0.4, -0.2) is 18.0 Å². The van der Waals surface area contributed by atoms with Crippen molar-refractivity contribution in [3.05, 3.63) is 35.4 Å². The van der Waals surface area contributed by atoms with E-state index in [0.717, 1.165) is 18.9 Å². The molecule has 0 aliphatic heterocycles. The molecule has 1 aliphatic rings. The maximum atomic E-state index is 13.3. The van der Waals surface area contributed by atoms with Crippen LogP contribution in [0.3, 0.4) is 0 Å². The normalized spacial score (nSPS) is 16.4. The highest BCUT2D eigenvalue weighted by Crippen LogP contribution is 2.18. The van der Waals surface area contributed by atoms with Gasteiger partial charge in [0.2, 0.25) is 5.91 Å². The summed E-state index contributed by atoms with van der Waals surface area (Å²) in [5.74, 6) is -1.28. The van der Waals surface area contributed by atoms with Gasteiger partial charge in [-0.2, -0.15) is 0 Å². The third kappa shape index (κ3) is 3.50. The fourth-order valence-electron chi connectivity index (χ4n) is 1.57. The molecule has 18 heavy (non-hydrogen) atoms. The Bertz CT molecular complexity index is 447. The molecule has 0 aromatic heterocycles. The predicted molar refractivity (Wildman–Crippen MR) is 63.8 cm³/mol. The first-order valence-corrected chi connectivity index (χ1v) is 6.04. The summed E-state index contributed by atoms with van der Waals surface area (Å²) in [6.07, 6.45) is 2.07. The molecule has 5 heteroatoms. The Hall–Kier alpha value is -1.49. The van der Waals surface area contributed by atoms with Crippen LogP contribution in [0.1, 0.15) is 25.3 Å². The van der Waals surface area contributed by atoms with E-state index in [1.165, 1.54) is 12.1 Å². The molecule has 1 fully saturated rings. The standard InChI is InChI=1S/C13H16F2N2O/c1-8(13(18)17-11-4-5-11)16-7-9-2-3-10(14)6-12(9)15/h2-3,6,8,11,16H,4-5,7H2,1H3,(H,17,18). The van der Waals surface area contributed by atoms with Crippen LogP contribution < -0.4 is 10.6 Å². The topological polar surface area (TPSA) is 41.1 Å². The Morgan fingerprint density at radius 1 is 1.44 bits per heavy atom. The van der Waals surface area contributed by atoms with Gasteiger partial charge in [0.15, 0.2) is 0 Å². The molecule has 0 radical (unpaired) electrons. The van der Waals surface area contributed by atoms with Gasteiger partial charge < -0.3 is 10.6 Å². The zero-order valence-electron chi connectivity index (χ0n) is 10.2. The first kappa shape index (κ1) is 13.0. The molecule has 1 amide bonds. The van der Waals surface area contributed by atoms with Gasteiger partial charge in [-0.05, 0) is 25.8 Å². The molecule has 0 bridgehead atoms. The van der Waals surface area contributed by atoms with Crippen molar-refractivity contribution in [1.82, 2.24) is 10.6 Å². The molecule has 98 valence electrons. The van der Waals surface area contributed by atoms with Crippen LogP contribution in [0.2, 0.25) is 0 Å². The minimum absolute atomic E-state index is 0.0833. The number of hydrogen-bond acceptors (Lipinski definition) is 2. The van der Waals surface area contributed by atoms with Crippen LogP contribution >= 0.6 is 0 Å². The third-order valence-corrected chi connectivity index (χ3v) is 2.93. The number of amides is 1. The third-order valence-electron chi connectivity index (χ3n) is 2.93. The maximum Gasteiger partial charge on any atom is 0.237 e. The first-order chi connectivity index (χ1) is 8.56. The van der Waals surface area contributed by atoms with E-state index in [1.807, 2.05) is 0 Å². The summed E-state index contributed by atoms with van der Waals surface area (Å²) in [5, 5.41) is 5.78. The zero-order chi connectivity index (χ0) is 13.1. The fraction of sp³-hybridized carbons (Fsp3) is 0.462. The summed E-state index contributed by atoms with van der Waals surface area (Å²) < 4.78 is 26.0. The van der Waals surface area contributed by atoms with E-state index in [-0.39, 0.29) is 12.5 Å². The summed E-state index contributed by atoms with van der Waals surface area (Å²) >= 11 is 0. The number of nitrogens with one attached hydrogen (secondary N) is 2. The van der Waals surface area contributed by atoms with Crippen LogP contribution in [0.4, 0.5) is 8.78 Å². The molecule has 2 N–H and O–H groups in total. The van der Waals surface area contributed by atoms with Crippen molar-refractivity contribution < 1.29 is 13.6 Å². The van der Waals surface area contributed by atoms with Gasteiger partial charge in [0.1, 0.15) is 11.6 Å². The molecule has 1 saturated carbocycles. The second-order valence-electron chi connectivity index (χ2n) is 4.62. The lowest BCUT2D eigenvalue weighted by molar-refractivity contribution is -0.122. The zero-order valence-corrected chi connectivity index (χ0v) is 10.2. The van der Waals surface area contributed by atoms with Gasteiger partial charge in [0.05, 0.1) is 6.04 Å². The summed E-state index contributed by atoms with van der Waals surface area (Å²) in [7, 11) is 0. The fourth-order valence-corrected chi connectivity index (χ4v) is 1.57. The summed E-state index contributed by atoms with van der Waals surface area (Å²) in [6, 6.07) is 3.34. The number of halogens is 2. The largest absolute Gasteiger partial charge is 0.352 e. The molecule has 1 unspecified atom stereocenters. The van der Waals surface area contributed by atoms with Crippen LogP contribution in [0.15, 0.2) is 18.2 Å². The molecular weight excluding hydrogens is 238 g/mol. The number of carbonyl (C=O) groups is 1. The van der Waals surface area contributed by atoms with Gasteiger partial charge in [-0.3, -0.25) is 4.79 Å². The molecule has 3 nitrogen and oxygen atoms in total.